The van der Waals surface area contributed by atoms with Crippen molar-refractivity contribution in [1.82, 2.24) is 4.57 Å². The molecule has 2 aromatic heterocycles. The number of benzene rings is 3. The van der Waals surface area contributed by atoms with Crippen LogP contribution in [0.5, 0.6) is 5.75 Å². The number of alkyl halides is 3. The number of aromatic nitrogens is 1. The van der Waals surface area contributed by atoms with Gasteiger partial charge in [-0.05, 0) is 24.3 Å². The van der Waals surface area contributed by atoms with Crippen LogP contribution in [0, 0.1) is 49.4 Å². The maximum Gasteiger partial charge on any atom is 0.455 e. The molecule has 0 saturated heterocycles. The third-order valence-corrected chi connectivity index (χ3v) is 5.19. The van der Waals surface area contributed by atoms with Gasteiger partial charge in [-0.1, -0.05) is 36.4 Å². The van der Waals surface area contributed by atoms with Gasteiger partial charge in [-0.25, -0.2) is 4.79 Å². The molecule has 0 aliphatic rings. The summed E-state index contributed by atoms with van der Waals surface area (Å²) in [5.41, 5.74) is -0.795. The van der Waals surface area contributed by atoms with Gasteiger partial charge in [-0.3, -0.25) is 4.79 Å². The molecule has 177 valence electrons. The minimum absolute atomic E-state index is 0. The largest absolute Gasteiger partial charge is 0.506 e. The maximum absolute atomic E-state index is 12.8. The number of aromatic hydroxyl groups is 1. The summed E-state index contributed by atoms with van der Waals surface area (Å²) in [5.74, 6) is -3.51. The van der Waals surface area contributed by atoms with E-state index in [1.54, 1.807) is 6.07 Å². The summed E-state index contributed by atoms with van der Waals surface area (Å²) < 4.78 is 45.3. The number of ketones is 1. The first-order chi connectivity index (χ1) is 14.8. The molecule has 1 radical (unpaired) electrons. The molecule has 0 fully saturated rings. The van der Waals surface area contributed by atoms with E-state index < -0.39 is 28.9 Å². The van der Waals surface area contributed by atoms with Crippen LogP contribution in [0.2, 0.25) is 0 Å². The summed E-state index contributed by atoms with van der Waals surface area (Å²) in [6.07, 6.45) is -5.32. The number of carbonyl (C=O) groups excluding carboxylic acids is 1. The second-order valence-corrected chi connectivity index (χ2v) is 6.99. The zero-order chi connectivity index (χ0) is 21.9. The van der Waals surface area contributed by atoms with Gasteiger partial charge in [0.25, 0.3) is 5.78 Å². The zero-order valence-electron chi connectivity index (χ0n) is 17.0. The summed E-state index contributed by atoms with van der Waals surface area (Å²) in [6, 6.07) is 19.7. The first-order valence-electron chi connectivity index (χ1n) is 9.17. The molecule has 3 aromatic carbocycles. The van der Waals surface area contributed by atoms with Gasteiger partial charge >= 0.3 is 11.8 Å². The Kier molecular flexibility index (Phi) is 8.11. The molecule has 0 amide bonds. The second kappa shape index (κ2) is 9.97. The molecule has 0 spiro atoms. The maximum atomic E-state index is 12.8. The fourth-order valence-electron chi connectivity index (χ4n) is 3.86. The number of halogens is 3. The minimum atomic E-state index is -5.32. The van der Waals surface area contributed by atoms with Gasteiger partial charge in [0, 0.05) is 71.9 Å². The fourth-order valence-corrected chi connectivity index (χ4v) is 3.86. The van der Waals surface area contributed by atoms with E-state index in [0.29, 0.717) is 5.69 Å². The van der Waals surface area contributed by atoms with Crippen molar-refractivity contribution in [2.24, 2.45) is 0 Å². The van der Waals surface area contributed by atoms with E-state index in [1.807, 2.05) is 53.1 Å². The Morgan fingerprint density at radius 1 is 0.853 bits per heavy atom. The molecule has 2 heterocycles. The van der Waals surface area contributed by atoms with Crippen LogP contribution in [0.25, 0.3) is 38.5 Å². The molecule has 0 atom stereocenters. The molecule has 0 aliphatic carbocycles. The second-order valence-electron chi connectivity index (χ2n) is 6.99. The third-order valence-electron chi connectivity index (χ3n) is 5.19. The van der Waals surface area contributed by atoms with Crippen LogP contribution in [0.15, 0.2) is 75.9 Å². The van der Waals surface area contributed by atoms with E-state index >= 15 is 0 Å². The topological polar surface area (TPSA) is 135 Å². The van der Waals surface area contributed by atoms with Crippen molar-refractivity contribution in [2.45, 2.75) is 6.18 Å². The van der Waals surface area contributed by atoms with Crippen molar-refractivity contribution >= 4 is 38.6 Å². The molecule has 0 bridgehead atoms. The van der Waals surface area contributed by atoms with Crippen LogP contribution >= 0.6 is 0 Å². The number of para-hydroxylation sites is 2. The SMILES string of the molecule is O.O.O=C(c1c(O)c2ccc(-n3c4ccccc4c4ccccc43)cc2oc1=O)C(F)(F)F.[Eu]. The van der Waals surface area contributed by atoms with Gasteiger partial charge in [0.15, 0.2) is 5.56 Å². The number of Topliss-reactive ketones (excluding diaryl/α,β-unsaturated/α-hetero) is 1. The van der Waals surface area contributed by atoms with E-state index in [9.17, 15) is 27.9 Å². The summed E-state index contributed by atoms with van der Waals surface area (Å²) in [4.78, 5) is 23.7. The van der Waals surface area contributed by atoms with E-state index in [0.717, 1.165) is 21.8 Å². The van der Waals surface area contributed by atoms with E-state index in [4.69, 9.17) is 4.42 Å². The average Bonchev–Trinajstić information content (AvgIpc) is 3.07. The van der Waals surface area contributed by atoms with Crippen LogP contribution in [0.1, 0.15) is 10.4 Å². The monoisotopic (exact) mass is 612 g/mol. The van der Waals surface area contributed by atoms with Gasteiger partial charge in [-0.15, -0.1) is 0 Å². The number of nitrogens with zero attached hydrogens (tertiary/aromatic N) is 1. The Morgan fingerprint density at radius 3 is 1.91 bits per heavy atom. The number of hydrogen-bond donors (Lipinski definition) is 1. The zero-order valence-corrected chi connectivity index (χ0v) is 19.4. The first kappa shape index (κ1) is 27.7. The predicted octanol–water partition coefficient (Wildman–Crippen LogP) is 3.69. The van der Waals surface area contributed by atoms with Crippen molar-refractivity contribution in [3.8, 4) is 11.4 Å². The number of carbonyl (C=O) groups is 1. The van der Waals surface area contributed by atoms with Gasteiger partial charge in [0.2, 0.25) is 0 Å². The molecule has 34 heavy (non-hydrogen) atoms. The molecule has 0 aliphatic heterocycles. The van der Waals surface area contributed by atoms with Gasteiger partial charge in [-0.2, -0.15) is 13.2 Å². The molecule has 5 N–H and O–H groups in total. The normalized spacial score (nSPS) is 11.0. The van der Waals surface area contributed by atoms with Gasteiger partial charge < -0.3 is 25.0 Å². The minimum Gasteiger partial charge on any atom is -0.506 e. The Morgan fingerprint density at radius 2 is 1.38 bits per heavy atom. The number of hydrogen-bond acceptors (Lipinski definition) is 4. The Bertz CT molecular complexity index is 1540. The quantitative estimate of drug-likeness (QED) is 0.241. The average molecular weight is 611 g/mol. The Labute approximate surface area is 229 Å². The summed E-state index contributed by atoms with van der Waals surface area (Å²) in [5, 5.41) is 12.1. The van der Waals surface area contributed by atoms with Crippen LogP contribution in [0.4, 0.5) is 13.2 Å². The molecule has 5 rings (SSSR count). The van der Waals surface area contributed by atoms with Crippen molar-refractivity contribution in [3.63, 3.8) is 0 Å². The van der Waals surface area contributed by atoms with Crippen molar-refractivity contribution in [3.05, 3.63) is 82.7 Å². The van der Waals surface area contributed by atoms with Crippen LogP contribution in [0.3, 0.4) is 0 Å². The first-order valence-corrected chi connectivity index (χ1v) is 9.17. The Balaban J connectivity index is 0.00000136. The van der Waals surface area contributed by atoms with Gasteiger partial charge in [0.05, 0.1) is 16.4 Å². The van der Waals surface area contributed by atoms with Crippen LogP contribution < -0.4 is 5.63 Å². The van der Waals surface area contributed by atoms with E-state index in [1.165, 1.54) is 12.1 Å². The standard InChI is InChI=1S/C23H12F3NO4.Eu.2H2O/c24-23(25,26)21(29)19-20(28)15-10-9-12(11-18(15)31-22(19)30)27-16-7-3-1-5-13(16)14-6-2-4-8-17(14)27;;;/h1-11,28H;;2*1H2. The van der Waals surface area contributed by atoms with Gasteiger partial charge in [0.1, 0.15) is 11.3 Å². The molecule has 11 heteroatoms. The van der Waals surface area contributed by atoms with E-state index in [-0.39, 0.29) is 71.3 Å². The predicted molar refractivity (Wildman–Crippen MR) is 116 cm³/mol. The summed E-state index contributed by atoms with van der Waals surface area (Å²) in [7, 11) is 0. The van der Waals surface area contributed by atoms with Crippen molar-refractivity contribution in [2.75, 3.05) is 0 Å². The molecule has 7 nitrogen and oxygen atoms in total. The van der Waals surface area contributed by atoms with E-state index in [2.05, 4.69) is 0 Å². The fraction of sp³-hybridized carbons (Fsp3) is 0.0435. The smallest absolute Gasteiger partial charge is 0.455 e. The number of fused-ring (bicyclic) bond motifs is 4. The summed E-state index contributed by atoms with van der Waals surface area (Å²) in [6.45, 7) is 0. The van der Waals surface area contributed by atoms with Crippen LogP contribution in [-0.4, -0.2) is 32.6 Å². The van der Waals surface area contributed by atoms with Crippen molar-refractivity contribution < 1.29 is 87.8 Å². The molecule has 0 saturated carbocycles. The summed E-state index contributed by atoms with van der Waals surface area (Å²) >= 11 is 0. The Hall–Kier alpha value is -2.57. The number of rotatable bonds is 2. The molecule has 0 unspecified atom stereocenters. The van der Waals surface area contributed by atoms with Crippen LogP contribution in [-0.2, 0) is 0 Å². The van der Waals surface area contributed by atoms with Crippen molar-refractivity contribution in [1.29, 1.82) is 0 Å². The molecular formula is C23H16EuF3NO6. The molecule has 5 aromatic rings. The molecular weight excluding hydrogens is 595 g/mol. The third kappa shape index (κ3) is 4.30.